The number of rotatable bonds is 4. The molecule has 0 bridgehead atoms. The van der Waals surface area contributed by atoms with Crippen LogP contribution in [-0.2, 0) is 6.42 Å². The highest BCUT2D eigenvalue weighted by Crippen LogP contribution is 2.19. The van der Waals surface area contributed by atoms with Gasteiger partial charge in [-0.05, 0) is 42.5 Å². The molecule has 0 saturated heterocycles. The summed E-state index contributed by atoms with van der Waals surface area (Å²) in [5, 5.41) is 0. The van der Waals surface area contributed by atoms with Gasteiger partial charge in [-0.3, -0.25) is 0 Å². The zero-order valence-corrected chi connectivity index (χ0v) is 10.5. The van der Waals surface area contributed by atoms with Crippen LogP contribution >= 0.6 is 15.9 Å². The average Bonchev–Trinajstić information content (AvgIpc) is 2.10. The van der Waals surface area contributed by atoms with E-state index in [4.69, 9.17) is 0 Å². The Balaban J connectivity index is 2.67. The molecule has 0 aliphatic carbocycles. The van der Waals surface area contributed by atoms with Gasteiger partial charge in [0.2, 0.25) is 0 Å². The van der Waals surface area contributed by atoms with Crippen LogP contribution in [0, 0.1) is 17.6 Å². The lowest BCUT2D eigenvalue weighted by atomic mass is 9.96. The molecule has 0 saturated carbocycles. The van der Waals surface area contributed by atoms with Gasteiger partial charge >= 0.3 is 0 Å². The largest absolute Gasteiger partial charge is 0.207 e. The van der Waals surface area contributed by atoms with E-state index in [1.54, 1.807) is 0 Å². The van der Waals surface area contributed by atoms with Crippen molar-refractivity contribution >= 4 is 15.9 Å². The lowest BCUT2D eigenvalue weighted by Gasteiger charge is -2.13. The highest BCUT2D eigenvalue weighted by molar-refractivity contribution is 9.09. The number of hydrogen-bond acceptors (Lipinski definition) is 0. The Kier molecular flexibility index (Phi) is 4.71. The van der Waals surface area contributed by atoms with E-state index in [2.05, 4.69) is 22.9 Å². The number of hydrogen-bond donors (Lipinski definition) is 0. The fraction of sp³-hybridized carbons (Fsp3) is 0.500. The van der Waals surface area contributed by atoms with Crippen molar-refractivity contribution in [2.24, 2.45) is 5.92 Å². The molecule has 0 amide bonds. The minimum atomic E-state index is -0.370. The van der Waals surface area contributed by atoms with Crippen molar-refractivity contribution in [3.05, 3.63) is 35.4 Å². The van der Waals surface area contributed by atoms with Crippen LogP contribution in [0.4, 0.5) is 8.78 Å². The van der Waals surface area contributed by atoms with E-state index >= 15 is 0 Å². The minimum Gasteiger partial charge on any atom is -0.207 e. The van der Waals surface area contributed by atoms with Crippen molar-refractivity contribution in [3.63, 3.8) is 0 Å². The van der Waals surface area contributed by atoms with Gasteiger partial charge in [0.15, 0.2) is 0 Å². The van der Waals surface area contributed by atoms with Crippen LogP contribution in [0.25, 0.3) is 0 Å². The second-order valence-electron chi connectivity index (χ2n) is 4.06. The molecule has 1 aromatic carbocycles. The Morgan fingerprint density at radius 2 is 1.93 bits per heavy atom. The molecule has 0 fully saturated rings. The fourth-order valence-electron chi connectivity index (χ4n) is 1.71. The second-order valence-corrected chi connectivity index (χ2v) is 5.62. The van der Waals surface area contributed by atoms with E-state index in [0.29, 0.717) is 22.7 Å². The standard InChI is InChI=1S/C12H15BrF2/c1-8(5-9(2)13)6-10-7-11(14)3-4-12(10)15/h3-4,7-9H,5-6H2,1-2H3. The number of halogens is 3. The lowest BCUT2D eigenvalue weighted by Crippen LogP contribution is -2.06. The monoisotopic (exact) mass is 276 g/mol. The Bertz CT molecular complexity index is 323. The van der Waals surface area contributed by atoms with Gasteiger partial charge < -0.3 is 0 Å². The Hall–Kier alpha value is -0.440. The van der Waals surface area contributed by atoms with Gasteiger partial charge in [-0.2, -0.15) is 0 Å². The summed E-state index contributed by atoms with van der Waals surface area (Å²) in [7, 11) is 0. The van der Waals surface area contributed by atoms with Crippen molar-refractivity contribution in [2.75, 3.05) is 0 Å². The van der Waals surface area contributed by atoms with Gasteiger partial charge in [0.25, 0.3) is 0 Å². The highest BCUT2D eigenvalue weighted by atomic mass is 79.9. The molecule has 1 aromatic rings. The first kappa shape index (κ1) is 12.6. The normalized spacial score (nSPS) is 15.0. The first-order valence-corrected chi connectivity index (χ1v) is 5.98. The molecule has 0 N–H and O–H groups in total. The molecular weight excluding hydrogens is 262 g/mol. The zero-order chi connectivity index (χ0) is 11.4. The van der Waals surface area contributed by atoms with Gasteiger partial charge in [-0.1, -0.05) is 29.8 Å². The third-order valence-corrected chi connectivity index (χ3v) is 2.68. The Morgan fingerprint density at radius 1 is 1.27 bits per heavy atom. The van der Waals surface area contributed by atoms with Crippen molar-refractivity contribution in [1.29, 1.82) is 0 Å². The topological polar surface area (TPSA) is 0 Å². The first-order chi connectivity index (χ1) is 6.99. The van der Waals surface area contributed by atoms with E-state index in [1.807, 2.05) is 6.92 Å². The summed E-state index contributed by atoms with van der Waals surface area (Å²) < 4.78 is 26.2. The lowest BCUT2D eigenvalue weighted by molar-refractivity contribution is 0.507. The maximum Gasteiger partial charge on any atom is 0.126 e. The molecule has 0 heterocycles. The van der Waals surface area contributed by atoms with Crippen molar-refractivity contribution in [3.8, 4) is 0 Å². The Morgan fingerprint density at radius 3 is 2.53 bits per heavy atom. The predicted molar refractivity (Wildman–Crippen MR) is 62.2 cm³/mol. The van der Waals surface area contributed by atoms with E-state index in [1.165, 1.54) is 12.1 Å². The van der Waals surface area contributed by atoms with Crippen molar-refractivity contribution in [1.82, 2.24) is 0 Å². The summed E-state index contributed by atoms with van der Waals surface area (Å²) in [6.45, 7) is 4.10. The first-order valence-electron chi connectivity index (χ1n) is 5.07. The molecule has 84 valence electrons. The highest BCUT2D eigenvalue weighted by Gasteiger charge is 2.10. The summed E-state index contributed by atoms with van der Waals surface area (Å²) >= 11 is 3.45. The molecule has 15 heavy (non-hydrogen) atoms. The molecule has 2 atom stereocenters. The van der Waals surface area contributed by atoms with Gasteiger partial charge in [-0.25, -0.2) is 8.78 Å². The number of benzene rings is 1. The molecule has 2 unspecified atom stereocenters. The molecule has 3 heteroatoms. The van der Waals surface area contributed by atoms with Crippen LogP contribution in [0.1, 0.15) is 25.8 Å². The average molecular weight is 277 g/mol. The van der Waals surface area contributed by atoms with Crippen LogP contribution in [0.15, 0.2) is 18.2 Å². The van der Waals surface area contributed by atoms with Gasteiger partial charge in [-0.15, -0.1) is 0 Å². The molecule has 0 radical (unpaired) electrons. The van der Waals surface area contributed by atoms with Crippen LogP contribution in [0.2, 0.25) is 0 Å². The quantitative estimate of drug-likeness (QED) is 0.719. The summed E-state index contributed by atoms with van der Waals surface area (Å²) in [6, 6.07) is 3.62. The third-order valence-electron chi connectivity index (χ3n) is 2.30. The Labute approximate surface area is 97.8 Å². The molecule has 0 aliphatic heterocycles. The SMILES string of the molecule is CC(Br)CC(C)Cc1cc(F)ccc1F. The van der Waals surface area contributed by atoms with Crippen molar-refractivity contribution < 1.29 is 8.78 Å². The fourth-order valence-corrected chi connectivity index (χ4v) is 2.35. The summed E-state index contributed by atoms with van der Waals surface area (Å²) in [5.74, 6) is -0.341. The molecule has 0 spiro atoms. The third kappa shape index (κ3) is 4.29. The van der Waals surface area contributed by atoms with Crippen LogP contribution in [0.5, 0.6) is 0 Å². The smallest absolute Gasteiger partial charge is 0.126 e. The van der Waals surface area contributed by atoms with Crippen LogP contribution in [-0.4, -0.2) is 4.83 Å². The van der Waals surface area contributed by atoms with E-state index in [0.717, 1.165) is 12.5 Å². The van der Waals surface area contributed by atoms with E-state index in [9.17, 15) is 8.78 Å². The van der Waals surface area contributed by atoms with Gasteiger partial charge in [0, 0.05) is 4.83 Å². The van der Waals surface area contributed by atoms with E-state index < -0.39 is 0 Å². The maximum absolute atomic E-state index is 13.3. The second kappa shape index (κ2) is 5.59. The van der Waals surface area contributed by atoms with Crippen molar-refractivity contribution in [2.45, 2.75) is 31.5 Å². The predicted octanol–water partition coefficient (Wildman–Crippen LogP) is 4.32. The summed E-state index contributed by atoms with van der Waals surface area (Å²) in [5.41, 5.74) is 0.468. The summed E-state index contributed by atoms with van der Waals surface area (Å²) in [4.78, 5) is 0.407. The van der Waals surface area contributed by atoms with Crippen LogP contribution in [0.3, 0.4) is 0 Å². The molecule has 1 rings (SSSR count). The van der Waals surface area contributed by atoms with Gasteiger partial charge in [0.05, 0.1) is 0 Å². The minimum absolute atomic E-state index is 0.314. The van der Waals surface area contributed by atoms with Gasteiger partial charge in [0.1, 0.15) is 11.6 Å². The molecule has 0 aromatic heterocycles. The summed E-state index contributed by atoms with van der Waals surface area (Å²) in [6.07, 6.45) is 1.54. The van der Waals surface area contributed by atoms with E-state index in [-0.39, 0.29) is 11.6 Å². The molecular formula is C12H15BrF2. The van der Waals surface area contributed by atoms with Crippen LogP contribution < -0.4 is 0 Å². The zero-order valence-electron chi connectivity index (χ0n) is 8.93. The molecule has 0 aliphatic rings. The molecule has 0 nitrogen and oxygen atoms in total. The number of alkyl halides is 1. The maximum atomic E-state index is 13.3.